The van der Waals surface area contributed by atoms with Gasteiger partial charge in [-0.2, -0.15) is 0 Å². The number of benzene rings is 1. The van der Waals surface area contributed by atoms with E-state index in [0.717, 1.165) is 6.42 Å². The van der Waals surface area contributed by atoms with Crippen LogP contribution in [0.2, 0.25) is 5.02 Å². The summed E-state index contributed by atoms with van der Waals surface area (Å²) >= 11 is 7.23. The molecule has 0 spiro atoms. The van der Waals surface area contributed by atoms with Crippen molar-refractivity contribution in [3.8, 4) is 0 Å². The number of fused-ring (bicyclic) bond motifs is 1. The van der Waals surface area contributed by atoms with E-state index in [1.54, 1.807) is 22.8 Å². The van der Waals surface area contributed by atoms with E-state index in [-0.39, 0.29) is 29.7 Å². The van der Waals surface area contributed by atoms with Crippen molar-refractivity contribution in [1.82, 2.24) is 19.8 Å². The molecule has 0 bridgehead atoms. The van der Waals surface area contributed by atoms with Crippen molar-refractivity contribution in [3.05, 3.63) is 33.6 Å². The maximum Gasteiger partial charge on any atom is 0.262 e. The summed E-state index contributed by atoms with van der Waals surface area (Å²) < 4.78 is 1.59. The van der Waals surface area contributed by atoms with Gasteiger partial charge in [-0.3, -0.25) is 19.0 Å². The van der Waals surface area contributed by atoms with E-state index in [4.69, 9.17) is 11.6 Å². The van der Waals surface area contributed by atoms with Gasteiger partial charge >= 0.3 is 0 Å². The Labute approximate surface area is 173 Å². The van der Waals surface area contributed by atoms with Gasteiger partial charge in [0.25, 0.3) is 5.56 Å². The highest BCUT2D eigenvalue weighted by Gasteiger charge is 2.18. The zero-order chi connectivity index (χ0) is 20.7. The van der Waals surface area contributed by atoms with E-state index in [1.807, 2.05) is 20.8 Å². The summed E-state index contributed by atoms with van der Waals surface area (Å²) in [7, 11) is 0. The first-order valence-corrected chi connectivity index (χ1v) is 10.6. The minimum absolute atomic E-state index is 0.0201. The van der Waals surface area contributed by atoms with Crippen LogP contribution < -0.4 is 10.9 Å². The molecule has 0 aliphatic heterocycles. The SMILES string of the molecule is CCCn1c(SCC(=O)N(CC)CC(=O)NCC)nc2cc(Cl)ccc2c1=O. The largest absolute Gasteiger partial charge is 0.355 e. The normalized spacial score (nSPS) is 10.9. The Hall–Kier alpha value is -2.06. The minimum atomic E-state index is -0.191. The van der Waals surface area contributed by atoms with Crippen LogP contribution in [-0.4, -0.2) is 51.7 Å². The van der Waals surface area contributed by atoms with Crippen LogP contribution in [0.25, 0.3) is 10.9 Å². The van der Waals surface area contributed by atoms with Gasteiger partial charge in [-0.05, 0) is 38.5 Å². The summed E-state index contributed by atoms with van der Waals surface area (Å²) in [5, 5.41) is 4.16. The average Bonchev–Trinajstić information content (AvgIpc) is 2.66. The van der Waals surface area contributed by atoms with Crippen molar-refractivity contribution < 1.29 is 9.59 Å². The summed E-state index contributed by atoms with van der Waals surface area (Å²) in [6.07, 6.45) is 0.764. The van der Waals surface area contributed by atoms with Crippen LogP contribution in [0.5, 0.6) is 0 Å². The molecule has 0 aliphatic rings. The molecule has 1 heterocycles. The lowest BCUT2D eigenvalue weighted by molar-refractivity contribution is -0.133. The van der Waals surface area contributed by atoms with Gasteiger partial charge in [0.1, 0.15) is 0 Å². The van der Waals surface area contributed by atoms with E-state index in [2.05, 4.69) is 10.3 Å². The van der Waals surface area contributed by atoms with Crippen molar-refractivity contribution in [1.29, 1.82) is 0 Å². The van der Waals surface area contributed by atoms with Gasteiger partial charge in [0.05, 0.1) is 23.2 Å². The molecule has 1 aromatic carbocycles. The number of nitrogens with one attached hydrogen (secondary N) is 1. The van der Waals surface area contributed by atoms with E-state index >= 15 is 0 Å². The number of aromatic nitrogens is 2. The second kappa shape index (κ2) is 10.5. The predicted molar refractivity (Wildman–Crippen MR) is 113 cm³/mol. The predicted octanol–water partition coefficient (Wildman–Crippen LogP) is 2.54. The van der Waals surface area contributed by atoms with Crippen LogP contribution in [-0.2, 0) is 16.1 Å². The number of thioether (sulfide) groups is 1. The maximum atomic E-state index is 12.8. The number of rotatable bonds is 9. The number of amides is 2. The fourth-order valence-electron chi connectivity index (χ4n) is 2.73. The van der Waals surface area contributed by atoms with Crippen molar-refractivity contribution in [2.24, 2.45) is 0 Å². The van der Waals surface area contributed by atoms with Crippen molar-refractivity contribution in [2.45, 2.75) is 38.9 Å². The lowest BCUT2D eigenvalue weighted by Gasteiger charge is -2.20. The molecule has 1 N–H and O–H groups in total. The maximum absolute atomic E-state index is 12.8. The molecule has 0 atom stereocenters. The highest BCUT2D eigenvalue weighted by Crippen LogP contribution is 2.21. The molecule has 0 unspecified atom stereocenters. The Morgan fingerprint density at radius 2 is 2.04 bits per heavy atom. The molecule has 0 fully saturated rings. The van der Waals surface area contributed by atoms with Gasteiger partial charge in [-0.1, -0.05) is 30.3 Å². The van der Waals surface area contributed by atoms with Gasteiger partial charge in [0.2, 0.25) is 11.8 Å². The monoisotopic (exact) mass is 424 g/mol. The summed E-state index contributed by atoms with van der Waals surface area (Å²) in [6, 6.07) is 4.98. The van der Waals surface area contributed by atoms with Crippen LogP contribution in [0.15, 0.2) is 28.2 Å². The molecule has 0 aliphatic carbocycles. The molecule has 0 saturated carbocycles. The van der Waals surface area contributed by atoms with Crippen LogP contribution in [0.1, 0.15) is 27.2 Å². The number of halogens is 1. The first kappa shape index (κ1) is 22.2. The van der Waals surface area contributed by atoms with Crippen LogP contribution in [0.4, 0.5) is 0 Å². The van der Waals surface area contributed by atoms with E-state index in [0.29, 0.717) is 40.7 Å². The average molecular weight is 425 g/mol. The Morgan fingerprint density at radius 1 is 1.29 bits per heavy atom. The van der Waals surface area contributed by atoms with Crippen LogP contribution >= 0.6 is 23.4 Å². The summed E-state index contributed by atoms with van der Waals surface area (Å²) in [5.74, 6) is -0.276. The second-order valence-corrected chi connectivity index (χ2v) is 7.54. The lowest BCUT2D eigenvalue weighted by atomic mass is 10.2. The number of likely N-dealkylation sites (N-methyl/N-ethyl adjacent to an activating group) is 2. The van der Waals surface area contributed by atoms with Gasteiger partial charge in [0.15, 0.2) is 5.16 Å². The summed E-state index contributed by atoms with van der Waals surface area (Å²) in [4.78, 5) is 43.2. The highest BCUT2D eigenvalue weighted by atomic mass is 35.5. The van der Waals surface area contributed by atoms with Crippen LogP contribution in [0, 0.1) is 0 Å². The van der Waals surface area contributed by atoms with E-state index in [9.17, 15) is 14.4 Å². The van der Waals surface area contributed by atoms with Gasteiger partial charge in [-0.15, -0.1) is 0 Å². The van der Waals surface area contributed by atoms with Gasteiger partial charge < -0.3 is 10.2 Å². The molecular formula is C19H25ClN4O3S. The first-order chi connectivity index (χ1) is 13.4. The smallest absolute Gasteiger partial charge is 0.262 e. The van der Waals surface area contributed by atoms with E-state index in [1.165, 1.54) is 16.7 Å². The number of hydrogen-bond donors (Lipinski definition) is 1. The van der Waals surface area contributed by atoms with Crippen LogP contribution in [0.3, 0.4) is 0 Å². The Morgan fingerprint density at radius 3 is 2.68 bits per heavy atom. The molecule has 0 radical (unpaired) electrons. The Kier molecular flexibility index (Phi) is 8.32. The Bertz CT molecular complexity index is 916. The quantitative estimate of drug-likeness (QED) is 0.494. The minimum Gasteiger partial charge on any atom is -0.355 e. The van der Waals surface area contributed by atoms with Crippen molar-refractivity contribution >= 4 is 46.1 Å². The number of nitrogens with zero attached hydrogens (tertiary/aromatic N) is 3. The molecule has 0 saturated heterocycles. The Balaban J connectivity index is 2.24. The molecule has 2 aromatic rings. The molecule has 2 amide bonds. The molecule has 152 valence electrons. The third-order valence-corrected chi connectivity index (χ3v) is 5.29. The molecule has 9 heteroatoms. The standard InChI is InChI=1S/C19H25ClN4O3S/c1-4-9-24-18(27)14-8-7-13(20)10-15(14)22-19(24)28-12-17(26)23(6-3)11-16(25)21-5-2/h7-8,10H,4-6,9,11-12H2,1-3H3,(H,21,25). The summed E-state index contributed by atoms with van der Waals surface area (Å²) in [5.41, 5.74) is 0.364. The molecular weight excluding hydrogens is 400 g/mol. The second-order valence-electron chi connectivity index (χ2n) is 6.16. The van der Waals surface area contributed by atoms with Gasteiger partial charge in [0, 0.05) is 24.7 Å². The van der Waals surface area contributed by atoms with E-state index < -0.39 is 0 Å². The molecule has 2 rings (SSSR count). The molecule has 28 heavy (non-hydrogen) atoms. The fraction of sp³-hybridized carbons (Fsp3) is 0.474. The zero-order valence-electron chi connectivity index (χ0n) is 16.3. The lowest BCUT2D eigenvalue weighted by Crippen LogP contribution is -2.41. The van der Waals surface area contributed by atoms with Crippen molar-refractivity contribution in [3.63, 3.8) is 0 Å². The number of carbonyl (C=O) groups excluding carboxylic acids is 2. The third-order valence-electron chi connectivity index (χ3n) is 4.10. The van der Waals surface area contributed by atoms with Crippen molar-refractivity contribution in [2.75, 3.05) is 25.4 Å². The first-order valence-electron chi connectivity index (χ1n) is 9.28. The third kappa shape index (κ3) is 5.48. The zero-order valence-corrected chi connectivity index (χ0v) is 17.9. The topological polar surface area (TPSA) is 84.3 Å². The summed E-state index contributed by atoms with van der Waals surface area (Å²) in [6.45, 7) is 7.11. The number of carbonyl (C=O) groups is 2. The highest BCUT2D eigenvalue weighted by molar-refractivity contribution is 7.99. The fourth-order valence-corrected chi connectivity index (χ4v) is 3.82. The van der Waals surface area contributed by atoms with Gasteiger partial charge in [-0.25, -0.2) is 4.98 Å². The molecule has 1 aromatic heterocycles. The number of hydrogen-bond acceptors (Lipinski definition) is 5. The molecule has 7 nitrogen and oxygen atoms in total.